The van der Waals surface area contributed by atoms with E-state index in [1.807, 2.05) is 30.0 Å². The summed E-state index contributed by atoms with van der Waals surface area (Å²) in [7, 11) is 0. The van der Waals surface area contributed by atoms with Gasteiger partial charge in [-0.05, 0) is 48.9 Å². The molecule has 2 aromatic rings. The molecule has 0 aliphatic carbocycles. The summed E-state index contributed by atoms with van der Waals surface area (Å²) in [5, 5.41) is 12.1. The van der Waals surface area contributed by atoms with Crippen LogP contribution in [0, 0.1) is 18.3 Å². The van der Waals surface area contributed by atoms with Gasteiger partial charge in [0, 0.05) is 30.9 Å². The van der Waals surface area contributed by atoms with Crippen molar-refractivity contribution in [1.82, 2.24) is 4.90 Å². The Morgan fingerprint density at radius 2 is 1.96 bits per heavy atom. The molecule has 0 saturated carbocycles. The van der Waals surface area contributed by atoms with Gasteiger partial charge in [0.1, 0.15) is 12.4 Å². The molecular formula is C21H23N3O3. The number of hydrogen-bond acceptors (Lipinski definition) is 5. The number of anilines is 1. The second kappa shape index (κ2) is 9.06. The van der Waals surface area contributed by atoms with E-state index in [2.05, 4.69) is 11.4 Å². The van der Waals surface area contributed by atoms with E-state index >= 15 is 0 Å². The van der Waals surface area contributed by atoms with Crippen LogP contribution in [0.5, 0.6) is 5.75 Å². The number of hydrogen-bond donors (Lipinski definition) is 1. The van der Waals surface area contributed by atoms with Crippen LogP contribution in [0.3, 0.4) is 0 Å². The first-order valence-electron chi connectivity index (χ1n) is 9.02. The fraction of sp³-hybridized carbons (Fsp3) is 0.333. The van der Waals surface area contributed by atoms with Crippen LogP contribution in [0.2, 0.25) is 0 Å². The normalized spacial score (nSPS) is 13.7. The van der Waals surface area contributed by atoms with Gasteiger partial charge in [-0.25, -0.2) is 0 Å². The molecule has 1 amide bonds. The van der Waals surface area contributed by atoms with E-state index in [0.717, 1.165) is 22.6 Å². The molecule has 1 heterocycles. The molecule has 6 heteroatoms. The first-order chi connectivity index (χ1) is 13.2. The minimum atomic E-state index is 0.0493. The fourth-order valence-electron chi connectivity index (χ4n) is 2.98. The average molecular weight is 365 g/mol. The third-order valence-corrected chi connectivity index (χ3v) is 4.53. The van der Waals surface area contributed by atoms with Crippen molar-refractivity contribution >= 4 is 11.6 Å². The molecule has 140 valence electrons. The molecule has 1 saturated heterocycles. The number of nitrogens with zero attached hydrogens (tertiary/aromatic N) is 2. The molecule has 0 aromatic heterocycles. The Labute approximate surface area is 159 Å². The minimum absolute atomic E-state index is 0.0493. The maximum Gasteiger partial charge on any atom is 0.254 e. The second-order valence-corrected chi connectivity index (χ2v) is 6.29. The van der Waals surface area contributed by atoms with E-state index in [1.165, 1.54) is 0 Å². The number of nitriles is 1. The molecule has 1 aliphatic heterocycles. The summed E-state index contributed by atoms with van der Waals surface area (Å²) in [6.07, 6.45) is 0. The molecule has 1 fully saturated rings. The summed E-state index contributed by atoms with van der Waals surface area (Å²) >= 11 is 0. The molecule has 27 heavy (non-hydrogen) atoms. The van der Waals surface area contributed by atoms with Gasteiger partial charge in [-0.2, -0.15) is 5.26 Å². The Balaban J connectivity index is 1.55. The zero-order valence-electron chi connectivity index (χ0n) is 15.4. The van der Waals surface area contributed by atoms with E-state index in [4.69, 9.17) is 14.7 Å². The van der Waals surface area contributed by atoms with Crippen LogP contribution in [-0.4, -0.2) is 50.3 Å². The van der Waals surface area contributed by atoms with Gasteiger partial charge in [0.05, 0.1) is 24.8 Å². The van der Waals surface area contributed by atoms with Crippen LogP contribution in [0.4, 0.5) is 5.69 Å². The van der Waals surface area contributed by atoms with Gasteiger partial charge in [0.25, 0.3) is 5.91 Å². The highest BCUT2D eigenvalue weighted by atomic mass is 16.5. The van der Waals surface area contributed by atoms with E-state index < -0.39 is 0 Å². The molecule has 1 N–H and O–H groups in total. The summed E-state index contributed by atoms with van der Waals surface area (Å²) < 4.78 is 11.0. The van der Waals surface area contributed by atoms with Crippen molar-refractivity contribution in [1.29, 1.82) is 5.26 Å². The van der Waals surface area contributed by atoms with Crippen LogP contribution < -0.4 is 10.1 Å². The predicted molar refractivity (Wildman–Crippen MR) is 103 cm³/mol. The van der Waals surface area contributed by atoms with Crippen molar-refractivity contribution in [2.45, 2.75) is 6.92 Å². The average Bonchev–Trinajstić information content (AvgIpc) is 2.73. The van der Waals surface area contributed by atoms with Gasteiger partial charge in [-0.15, -0.1) is 0 Å². The highest BCUT2D eigenvalue weighted by Gasteiger charge is 2.20. The second-order valence-electron chi connectivity index (χ2n) is 6.29. The smallest absolute Gasteiger partial charge is 0.254 e. The van der Waals surface area contributed by atoms with Gasteiger partial charge >= 0.3 is 0 Å². The minimum Gasteiger partial charge on any atom is -0.492 e. The Morgan fingerprint density at radius 1 is 1.22 bits per heavy atom. The molecule has 0 bridgehead atoms. The number of benzene rings is 2. The van der Waals surface area contributed by atoms with Crippen LogP contribution in [0.25, 0.3) is 0 Å². The van der Waals surface area contributed by atoms with E-state index in [-0.39, 0.29) is 5.91 Å². The van der Waals surface area contributed by atoms with E-state index in [9.17, 15) is 4.79 Å². The molecule has 6 nitrogen and oxygen atoms in total. The summed E-state index contributed by atoms with van der Waals surface area (Å²) in [6.45, 7) is 5.49. The first-order valence-corrected chi connectivity index (χ1v) is 9.02. The van der Waals surface area contributed by atoms with Crippen molar-refractivity contribution in [3.8, 4) is 11.8 Å². The maximum atomic E-state index is 12.7. The Kier molecular flexibility index (Phi) is 6.29. The molecule has 0 unspecified atom stereocenters. The quantitative estimate of drug-likeness (QED) is 0.797. The predicted octanol–water partition coefficient (Wildman–Crippen LogP) is 2.83. The number of ether oxygens (including phenoxy) is 2. The van der Waals surface area contributed by atoms with Gasteiger partial charge in [-0.3, -0.25) is 4.79 Å². The van der Waals surface area contributed by atoms with Gasteiger partial charge in [0.15, 0.2) is 0 Å². The van der Waals surface area contributed by atoms with Crippen molar-refractivity contribution in [3.63, 3.8) is 0 Å². The maximum absolute atomic E-state index is 12.7. The Morgan fingerprint density at radius 3 is 2.67 bits per heavy atom. The van der Waals surface area contributed by atoms with Crippen LogP contribution in [-0.2, 0) is 4.74 Å². The number of carbonyl (C=O) groups excluding carboxylic acids is 1. The van der Waals surface area contributed by atoms with Crippen molar-refractivity contribution in [2.75, 3.05) is 44.8 Å². The molecule has 0 radical (unpaired) electrons. The number of carbonyl (C=O) groups is 1. The SMILES string of the molecule is Cc1c(NCCOc2ccc(C#N)cc2)cccc1C(=O)N1CCOCC1. The largest absolute Gasteiger partial charge is 0.492 e. The van der Waals surface area contributed by atoms with Gasteiger partial charge in [0.2, 0.25) is 0 Å². The highest BCUT2D eigenvalue weighted by molar-refractivity contribution is 5.97. The van der Waals surface area contributed by atoms with Crippen molar-refractivity contribution < 1.29 is 14.3 Å². The fourth-order valence-corrected chi connectivity index (χ4v) is 2.98. The third kappa shape index (κ3) is 4.78. The highest BCUT2D eigenvalue weighted by Crippen LogP contribution is 2.21. The van der Waals surface area contributed by atoms with Crippen LogP contribution in [0.1, 0.15) is 21.5 Å². The molecule has 3 rings (SSSR count). The van der Waals surface area contributed by atoms with Crippen LogP contribution >= 0.6 is 0 Å². The molecule has 0 atom stereocenters. The molecule has 2 aromatic carbocycles. The molecule has 1 aliphatic rings. The lowest BCUT2D eigenvalue weighted by Crippen LogP contribution is -2.41. The number of rotatable bonds is 6. The summed E-state index contributed by atoms with van der Waals surface area (Å²) in [4.78, 5) is 14.6. The lowest BCUT2D eigenvalue weighted by molar-refractivity contribution is 0.0302. The number of morpholine rings is 1. The van der Waals surface area contributed by atoms with E-state index in [0.29, 0.717) is 45.0 Å². The number of nitrogens with one attached hydrogen (secondary N) is 1. The first kappa shape index (κ1) is 18.7. The number of amides is 1. The Hall–Kier alpha value is -3.04. The molecule has 0 spiro atoms. The summed E-state index contributed by atoms with van der Waals surface area (Å²) in [6, 6.07) is 14.8. The lowest BCUT2D eigenvalue weighted by Gasteiger charge is -2.27. The third-order valence-electron chi connectivity index (χ3n) is 4.53. The van der Waals surface area contributed by atoms with E-state index in [1.54, 1.807) is 24.3 Å². The van der Waals surface area contributed by atoms with Crippen molar-refractivity contribution in [2.24, 2.45) is 0 Å². The summed E-state index contributed by atoms with van der Waals surface area (Å²) in [5.74, 6) is 0.775. The Bertz CT molecular complexity index is 822. The molecular weight excluding hydrogens is 342 g/mol. The zero-order valence-corrected chi connectivity index (χ0v) is 15.4. The van der Waals surface area contributed by atoms with Gasteiger partial charge in [-0.1, -0.05) is 6.07 Å². The van der Waals surface area contributed by atoms with Crippen LogP contribution in [0.15, 0.2) is 42.5 Å². The topological polar surface area (TPSA) is 74.6 Å². The standard InChI is InChI=1S/C21H23N3O3/c1-16-19(21(25)24-10-13-26-14-11-24)3-2-4-20(16)23-9-12-27-18-7-5-17(15-22)6-8-18/h2-8,23H,9-14H2,1H3. The lowest BCUT2D eigenvalue weighted by atomic mass is 10.1. The van der Waals surface area contributed by atoms with Gasteiger partial charge < -0.3 is 19.7 Å². The monoisotopic (exact) mass is 365 g/mol. The zero-order chi connectivity index (χ0) is 19.1. The summed E-state index contributed by atoms with van der Waals surface area (Å²) in [5.41, 5.74) is 3.19. The van der Waals surface area contributed by atoms with Crippen molar-refractivity contribution in [3.05, 3.63) is 59.2 Å².